The van der Waals surface area contributed by atoms with Gasteiger partial charge in [0.25, 0.3) is 0 Å². The first-order chi connectivity index (χ1) is 8.40. The predicted molar refractivity (Wildman–Crippen MR) is 69.1 cm³/mol. The van der Waals surface area contributed by atoms with Crippen LogP contribution in [-0.2, 0) is 6.54 Å². The van der Waals surface area contributed by atoms with Crippen LogP contribution >= 0.6 is 0 Å². The van der Waals surface area contributed by atoms with E-state index in [1.54, 1.807) is 0 Å². The molecule has 0 aromatic carbocycles. The lowest BCUT2D eigenvalue weighted by molar-refractivity contribution is 0.220. The van der Waals surface area contributed by atoms with Crippen molar-refractivity contribution >= 4 is 0 Å². The van der Waals surface area contributed by atoms with E-state index < -0.39 is 0 Å². The maximum atomic E-state index is 5.84. The van der Waals surface area contributed by atoms with Gasteiger partial charge in [0.1, 0.15) is 5.75 Å². The number of hydrogen-bond acceptors (Lipinski definition) is 3. The van der Waals surface area contributed by atoms with Crippen LogP contribution in [0.25, 0.3) is 0 Å². The number of aromatic nitrogens is 1. The molecule has 0 radical (unpaired) electrons. The quantitative estimate of drug-likeness (QED) is 0.787. The Kier molecular flexibility index (Phi) is 4.80. The molecular formula is C14H22N2O. The molecule has 1 aromatic heterocycles. The number of ether oxygens (including phenoxy) is 1. The molecule has 3 nitrogen and oxygen atoms in total. The molecule has 17 heavy (non-hydrogen) atoms. The minimum absolute atomic E-state index is 0.829. The fraction of sp³-hybridized carbons (Fsp3) is 0.643. The zero-order valence-electron chi connectivity index (χ0n) is 10.6. The highest BCUT2D eigenvalue weighted by atomic mass is 16.5. The lowest BCUT2D eigenvalue weighted by Crippen LogP contribution is -2.16. The lowest BCUT2D eigenvalue weighted by atomic mass is 9.83. The van der Waals surface area contributed by atoms with Crippen molar-refractivity contribution in [2.75, 3.05) is 13.2 Å². The first kappa shape index (κ1) is 12.4. The van der Waals surface area contributed by atoms with Gasteiger partial charge in [-0.15, -0.1) is 0 Å². The Hall–Kier alpha value is -1.09. The lowest BCUT2D eigenvalue weighted by Gasteiger charge is -2.25. The highest BCUT2D eigenvalue weighted by molar-refractivity contribution is 5.29. The van der Waals surface area contributed by atoms with E-state index in [1.807, 2.05) is 18.5 Å². The number of hydrogen-bond donors (Lipinski definition) is 1. The van der Waals surface area contributed by atoms with Crippen LogP contribution in [0.4, 0.5) is 0 Å². The second-order valence-electron chi connectivity index (χ2n) is 4.70. The van der Waals surface area contributed by atoms with Crippen molar-refractivity contribution in [1.29, 1.82) is 0 Å². The Bertz CT molecular complexity index is 337. The van der Waals surface area contributed by atoms with Gasteiger partial charge in [0.15, 0.2) is 0 Å². The maximum Gasteiger partial charge on any atom is 0.142 e. The smallest absolute Gasteiger partial charge is 0.142 e. The van der Waals surface area contributed by atoms with Crippen LogP contribution in [0.1, 0.15) is 38.2 Å². The van der Waals surface area contributed by atoms with Crippen LogP contribution < -0.4 is 10.1 Å². The summed E-state index contributed by atoms with van der Waals surface area (Å²) in [5, 5.41) is 3.32. The molecule has 0 atom stereocenters. The first-order valence-electron chi connectivity index (χ1n) is 6.66. The van der Waals surface area contributed by atoms with Crippen molar-refractivity contribution in [3.8, 4) is 5.75 Å². The number of nitrogens with one attached hydrogen (secondary N) is 1. The predicted octanol–water partition coefficient (Wildman–Crippen LogP) is 2.76. The maximum absolute atomic E-state index is 5.84. The molecule has 0 amide bonds. The van der Waals surface area contributed by atoms with Gasteiger partial charge in [0, 0.05) is 18.3 Å². The van der Waals surface area contributed by atoms with Gasteiger partial charge in [-0.1, -0.05) is 26.2 Å². The van der Waals surface area contributed by atoms with Crippen LogP contribution in [-0.4, -0.2) is 18.1 Å². The third-order valence-corrected chi connectivity index (χ3v) is 3.44. The summed E-state index contributed by atoms with van der Waals surface area (Å²) in [5.74, 6) is 1.84. The molecule has 0 saturated heterocycles. The Labute approximate surface area is 104 Å². The molecule has 1 aromatic rings. The van der Waals surface area contributed by atoms with Gasteiger partial charge in [-0.3, -0.25) is 4.98 Å². The van der Waals surface area contributed by atoms with E-state index in [0.717, 1.165) is 31.4 Å². The van der Waals surface area contributed by atoms with Gasteiger partial charge in [0.05, 0.1) is 12.8 Å². The minimum Gasteiger partial charge on any atom is -0.492 e. The second-order valence-corrected chi connectivity index (χ2v) is 4.70. The zero-order valence-corrected chi connectivity index (χ0v) is 10.6. The van der Waals surface area contributed by atoms with Crippen LogP contribution in [0.15, 0.2) is 18.5 Å². The molecule has 1 aliphatic carbocycles. The van der Waals surface area contributed by atoms with Crippen LogP contribution in [0.3, 0.4) is 0 Å². The van der Waals surface area contributed by atoms with Crippen molar-refractivity contribution in [3.63, 3.8) is 0 Å². The Balaban J connectivity index is 1.80. The summed E-state index contributed by atoms with van der Waals surface area (Å²) in [4.78, 5) is 4.13. The highest BCUT2D eigenvalue weighted by Gasteiger charge is 2.17. The average Bonchev–Trinajstić information content (AvgIpc) is 2.31. The highest BCUT2D eigenvalue weighted by Crippen LogP contribution is 2.29. The molecule has 2 rings (SSSR count). The van der Waals surface area contributed by atoms with Gasteiger partial charge in [-0.25, -0.2) is 0 Å². The molecule has 1 N–H and O–H groups in total. The molecule has 1 saturated carbocycles. The first-order valence-corrected chi connectivity index (χ1v) is 6.66. The fourth-order valence-electron chi connectivity index (χ4n) is 2.06. The number of rotatable bonds is 7. The topological polar surface area (TPSA) is 34.2 Å². The van der Waals surface area contributed by atoms with E-state index in [-0.39, 0.29) is 0 Å². The number of pyridine rings is 1. The molecule has 0 unspecified atom stereocenters. The third-order valence-electron chi connectivity index (χ3n) is 3.44. The summed E-state index contributed by atoms with van der Waals surface area (Å²) >= 11 is 0. The monoisotopic (exact) mass is 234 g/mol. The van der Waals surface area contributed by atoms with E-state index in [9.17, 15) is 0 Å². The van der Waals surface area contributed by atoms with Gasteiger partial charge in [-0.2, -0.15) is 0 Å². The van der Waals surface area contributed by atoms with Crippen molar-refractivity contribution in [2.45, 2.75) is 39.2 Å². The van der Waals surface area contributed by atoms with E-state index in [0.29, 0.717) is 0 Å². The summed E-state index contributed by atoms with van der Waals surface area (Å²) in [7, 11) is 0. The molecular weight excluding hydrogens is 212 g/mol. The Morgan fingerprint density at radius 3 is 3.06 bits per heavy atom. The van der Waals surface area contributed by atoms with Crippen LogP contribution in [0.2, 0.25) is 0 Å². The summed E-state index contributed by atoms with van der Waals surface area (Å²) in [6.07, 6.45) is 9.03. The van der Waals surface area contributed by atoms with E-state index >= 15 is 0 Å². The summed E-state index contributed by atoms with van der Waals surface area (Å²) in [6.45, 7) is 4.77. The van der Waals surface area contributed by atoms with Gasteiger partial charge in [0.2, 0.25) is 0 Å². The van der Waals surface area contributed by atoms with Gasteiger partial charge >= 0.3 is 0 Å². The molecule has 3 heteroatoms. The molecule has 94 valence electrons. The summed E-state index contributed by atoms with van der Waals surface area (Å²) in [6, 6.07) is 2.03. The van der Waals surface area contributed by atoms with Crippen molar-refractivity contribution in [2.24, 2.45) is 5.92 Å². The van der Waals surface area contributed by atoms with E-state index in [1.165, 1.54) is 31.2 Å². The van der Waals surface area contributed by atoms with Crippen LogP contribution in [0.5, 0.6) is 5.75 Å². The molecule has 1 heterocycles. The molecule has 1 fully saturated rings. The SMILES string of the molecule is CCNCc1ccncc1OCCC1CCC1. The van der Waals surface area contributed by atoms with Crippen LogP contribution in [0, 0.1) is 5.92 Å². The van der Waals surface area contributed by atoms with Crippen molar-refractivity contribution in [3.05, 3.63) is 24.0 Å². The number of nitrogens with zero attached hydrogens (tertiary/aromatic N) is 1. The standard InChI is InChI=1S/C14H22N2O/c1-2-15-10-13-6-8-16-11-14(13)17-9-7-12-4-3-5-12/h6,8,11-12,15H,2-5,7,9-10H2,1H3. The summed E-state index contributed by atoms with van der Waals surface area (Å²) < 4.78 is 5.84. The van der Waals surface area contributed by atoms with E-state index in [2.05, 4.69) is 17.2 Å². The van der Waals surface area contributed by atoms with Gasteiger partial charge < -0.3 is 10.1 Å². The third kappa shape index (κ3) is 3.70. The van der Waals surface area contributed by atoms with Crippen molar-refractivity contribution in [1.82, 2.24) is 10.3 Å². The average molecular weight is 234 g/mol. The Morgan fingerprint density at radius 2 is 2.35 bits per heavy atom. The minimum atomic E-state index is 0.829. The van der Waals surface area contributed by atoms with Crippen molar-refractivity contribution < 1.29 is 4.74 Å². The Morgan fingerprint density at radius 1 is 1.47 bits per heavy atom. The normalized spacial score (nSPS) is 15.6. The fourth-order valence-corrected chi connectivity index (χ4v) is 2.06. The summed E-state index contributed by atoms with van der Waals surface area (Å²) in [5.41, 5.74) is 1.20. The molecule has 1 aliphatic rings. The second kappa shape index (κ2) is 6.60. The molecule has 0 aliphatic heterocycles. The zero-order chi connectivity index (χ0) is 11.9. The molecule has 0 bridgehead atoms. The van der Waals surface area contributed by atoms with Gasteiger partial charge in [-0.05, 0) is 24.9 Å². The molecule has 0 spiro atoms. The largest absolute Gasteiger partial charge is 0.492 e. The van der Waals surface area contributed by atoms with E-state index in [4.69, 9.17) is 4.74 Å².